The zero-order chi connectivity index (χ0) is 41.5. The van der Waals surface area contributed by atoms with Crippen molar-refractivity contribution in [1.29, 1.82) is 0 Å². The first-order chi connectivity index (χ1) is 26.8. The fraction of sp³-hybridized carbons (Fsp3) is 0.622. The molecule has 3 fully saturated rings. The number of fused-ring (bicyclic) bond motifs is 3. The number of methoxy groups -OCH3 is 1. The molecule has 4 amide bonds. The number of ether oxygens (including phenoxy) is 3. The minimum absolute atomic E-state index is 0.0173. The van der Waals surface area contributed by atoms with E-state index in [1.54, 1.807) is 13.0 Å². The molecule has 1 saturated heterocycles. The summed E-state index contributed by atoms with van der Waals surface area (Å²) in [6.07, 6.45) is -2.56. The monoisotopic (exact) mass is 824 g/mol. The maximum absolute atomic E-state index is 14.6. The Bertz CT molecular complexity index is 2050. The van der Waals surface area contributed by atoms with E-state index in [4.69, 9.17) is 14.2 Å². The van der Waals surface area contributed by atoms with Gasteiger partial charge in [-0.25, -0.2) is 23.2 Å². The van der Waals surface area contributed by atoms with Gasteiger partial charge in [0, 0.05) is 31.4 Å². The molecule has 0 bridgehead atoms. The Labute approximate surface area is 327 Å². The molecule has 2 saturated carbocycles. The largest absolute Gasteiger partial charge is 0.494 e. The normalized spacial score (nSPS) is 29.5. The van der Waals surface area contributed by atoms with E-state index in [0.717, 1.165) is 4.90 Å². The highest BCUT2D eigenvalue weighted by Crippen LogP contribution is 2.48. The molecular weight excluding hydrogens is 777 g/mol. The summed E-state index contributed by atoms with van der Waals surface area (Å²) in [4.78, 5) is 63.8. The van der Waals surface area contributed by atoms with Gasteiger partial charge in [-0.2, -0.15) is 13.2 Å². The van der Waals surface area contributed by atoms with Gasteiger partial charge in [0.15, 0.2) is 0 Å². The average molecular weight is 825 g/mol. The fourth-order valence-electron chi connectivity index (χ4n) is 7.62. The van der Waals surface area contributed by atoms with E-state index >= 15 is 0 Å². The zero-order valence-corrected chi connectivity index (χ0v) is 32.7. The van der Waals surface area contributed by atoms with E-state index < -0.39 is 105 Å². The third-order valence-electron chi connectivity index (χ3n) is 11.2. The van der Waals surface area contributed by atoms with Crippen molar-refractivity contribution in [2.45, 2.75) is 100 Å². The van der Waals surface area contributed by atoms with Crippen LogP contribution >= 0.6 is 0 Å². The number of amides is 4. The van der Waals surface area contributed by atoms with Crippen molar-refractivity contribution in [3.63, 3.8) is 0 Å². The summed E-state index contributed by atoms with van der Waals surface area (Å²) in [6.45, 7) is 4.88. The third kappa shape index (κ3) is 8.90. The van der Waals surface area contributed by atoms with Crippen LogP contribution in [0.15, 0.2) is 30.4 Å². The van der Waals surface area contributed by atoms with E-state index in [1.807, 2.05) is 13.0 Å². The van der Waals surface area contributed by atoms with Crippen molar-refractivity contribution in [3.8, 4) is 11.6 Å². The molecule has 6 rings (SSSR count). The lowest BCUT2D eigenvalue weighted by molar-refractivity contribution is -0.143. The first-order valence-corrected chi connectivity index (χ1v) is 20.3. The van der Waals surface area contributed by atoms with Crippen molar-refractivity contribution in [3.05, 3.63) is 36.0 Å². The SMILES string of the molecule is CCOc1ccc2nc(C(F)(F)F)c(O[C@@H]3CC4C(=O)N[C@]5(C(=O)NS(=O)(=O)C6(C)CC6)C[C@H]5/C=C/CC[C@@H](C)C[C@@H](COC)[C@H](NC(=O)O)C(=O)N4C3)nc2c1. The summed E-state index contributed by atoms with van der Waals surface area (Å²) in [7, 11) is -2.73. The maximum Gasteiger partial charge on any atom is 0.438 e. The van der Waals surface area contributed by atoms with Gasteiger partial charge in [-0.05, 0) is 70.4 Å². The third-order valence-corrected chi connectivity index (χ3v) is 13.4. The van der Waals surface area contributed by atoms with Crippen molar-refractivity contribution in [2.75, 3.05) is 26.9 Å². The standard InChI is InChI=1S/C37H47F3N6O10S/c1-5-55-23-10-11-25-26(15-23)42-31(29(41-25)37(38,39)40)56-24-16-27-30(47)44-36(33(49)45-57(52,53)35(3)12-13-35)17-22(36)9-7-6-8-20(2)14-21(19-54-4)28(43-34(50)51)32(48)46(27)18-24/h7,9-11,15,20-22,24,27-28,43H,5-6,8,12-14,16-19H2,1-4H3,(H,44,47)(H,45,49)(H,50,51)/b9-7+/t20-,21+,22-,24-,27?,28+,36-/m1/s1. The molecule has 1 unspecified atom stereocenters. The average Bonchev–Trinajstić information content (AvgIpc) is 4.01. The predicted molar refractivity (Wildman–Crippen MR) is 196 cm³/mol. The van der Waals surface area contributed by atoms with Gasteiger partial charge >= 0.3 is 12.3 Å². The number of nitrogens with one attached hydrogen (secondary N) is 3. The zero-order valence-electron chi connectivity index (χ0n) is 31.9. The van der Waals surface area contributed by atoms with Crippen LogP contribution in [0.25, 0.3) is 11.0 Å². The van der Waals surface area contributed by atoms with Gasteiger partial charge in [0.2, 0.25) is 33.4 Å². The summed E-state index contributed by atoms with van der Waals surface area (Å²) in [5.74, 6) is -4.76. The smallest absolute Gasteiger partial charge is 0.438 e. The number of carboxylic acid groups (broad SMARTS) is 1. The number of carbonyl (C=O) groups is 4. The summed E-state index contributed by atoms with van der Waals surface area (Å²) < 4.78 is 87.3. The molecule has 3 heterocycles. The molecule has 16 nitrogen and oxygen atoms in total. The minimum atomic E-state index is -5.03. The van der Waals surface area contributed by atoms with Gasteiger partial charge < -0.3 is 34.9 Å². The van der Waals surface area contributed by atoms with Crippen LogP contribution in [0.4, 0.5) is 18.0 Å². The van der Waals surface area contributed by atoms with Crippen molar-refractivity contribution < 1.29 is 60.1 Å². The molecule has 7 atom stereocenters. The Kier molecular flexibility index (Phi) is 11.7. The van der Waals surface area contributed by atoms with Gasteiger partial charge in [-0.15, -0.1) is 0 Å². The fourth-order valence-corrected chi connectivity index (χ4v) is 8.94. The van der Waals surface area contributed by atoms with Gasteiger partial charge in [0.1, 0.15) is 29.5 Å². The lowest BCUT2D eigenvalue weighted by atomic mass is 9.87. The number of sulfonamides is 1. The molecule has 2 aliphatic heterocycles. The first kappa shape index (κ1) is 41.9. The second-order valence-corrected chi connectivity index (χ2v) is 17.8. The highest BCUT2D eigenvalue weighted by molar-refractivity contribution is 7.91. The second kappa shape index (κ2) is 15.9. The molecule has 4 N–H and O–H groups in total. The van der Waals surface area contributed by atoms with Crippen molar-refractivity contribution >= 4 is 44.9 Å². The van der Waals surface area contributed by atoms with Gasteiger partial charge in [0.05, 0.1) is 35.5 Å². The van der Waals surface area contributed by atoms with Gasteiger partial charge in [-0.1, -0.05) is 19.1 Å². The summed E-state index contributed by atoms with van der Waals surface area (Å²) in [6, 6.07) is 1.19. The molecule has 20 heteroatoms. The Balaban J connectivity index is 1.39. The number of benzene rings is 1. The van der Waals surface area contributed by atoms with Crippen molar-refractivity contribution in [2.24, 2.45) is 17.8 Å². The van der Waals surface area contributed by atoms with Crippen LogP contribution in [0.2, 0.25) is 0 Å². The van der Waals surface area contributed by atoms with Crippen LogP contribution in [0, 0.1) is 17.8 Å². The van der Waals surface area contributed by atoms with Crippen LogP contribution < -0.4 is 24.8 Å². The Morgan fingerprint density at radius 3 is 2.53 bits per heavy atom. The number of alkyl halides is 3. The Hall–Kier alpha value is -4.72. The van der Waals surface area contributed by atoms with Crippen molar-refractivity contribution in [1.82, 2.24) is 30.2 Å². The number of hydrogen-bond donors (Lipinski definition) is 4. The molecule has 57 heavy (non-hydrogen) atoms. The molecule has 2 aromatic rings. The molecule has 4 aliphatic rings. The van der Waals surface area contributed by atoms with E-state index in [9.17, 15) is 45.9 Å². The summed E-state index contributed by atoms with van der Waals surface area (Å²) in [5.41, 5.74) is -3.26. The number of halogens is 3. The molecule has 2 aliphatic carbocycles. The van der Waals surface area contributed by atoms with E-state index in [2.05, 4.69) is 25.3 Å². The second-order valence-electron chi connectivity index (χ2n) is 15.6. The van der Waals surface area contributed by atoms with Crippen LogP contribution in [-0.4, -0.2) is 108 Å². The lowest BCUT2D eigenvalue weighted by Crippen LogP contribution is -2.59. The molecule has 0 spiro atoms. The number of aromatic nitrogens is 2. The predicted octanol–water partition coefficient (Wildman–Crippen LogP) is 3.54. The van der Waals surface area contributed by atoms with E-state index in [0.29, 0.717) is 37.9 Å². The van der Waals surface area contributed by atoms with Gasteiger partial charge in [0.25, 0.3) is 5.91 Å². The Morgan fingerprint density at radius 2 is 1.88 bits per heavy atom. The van der Waals surface area contributed by atoms with Crippen LogP contribution in [0.3, 0.4) is 0 Å². The molecule has 1 aromatic carbocycles. The minimum Gasteiger partial charge on any atom is -0.494 e. The quantitative estimate of drug-likeness (QED) is 0.253. The molecule has 0 radical (unpaired) electrons. The first-order valence-electron chi connectivity index (χ1n) is 18.8. The highest BCUT2D eigenvalue weighted by atomic mass is 32.2. The summed E-state index contributed by atoms with van der Waals surface area (Å²) >= 11 is 0. The molecule has 1 aromatic heterocycles. The van der Waals surface area contributed by atoms with E-state index in [1.165, 1.54) is 32.2 Å². The molecular formula is C37H47F3N6O10S. The lowest BCUT2D eigenvalue weighted by Gasteiger charge is -2.33. The van der Waals surface area contributed by atoms with E-state index in [-0.39, 0.29) is 36.6 Å². The molecule has 312 valence electrons. The number of carbonyl (C=O) groups excluding carboxylic acids is 3. The highest BCUT2D eigenvalue weighted by Gasteiger charge is 2.63. The van der Waals surface area contributed by atoms with Gasteiger partial charge in [-0.3, -0.25) is 19.1 Å². The Morgan fingerprint density at radius 1 is 1.14 bits per heavy atom. The number of hydrogen-bond acceptors (Lipinski definition) is 11. The number of allylic oxidation sites excluding steroid dienone is 1. The maximum atomic E-state index is 14.6. The summed E-state index contributed by atoms with van der Waals surface area (Å²) in [5, 5.41) is 14.8. The van der Waals surface area contributed by atoms with Crippen LogP contribution in [0.5, 0.6) is 11.6 Å². The number of rotatable bonds is 10. The van der Waals surface area contributed by atoms with Crippen LogP contribution in [-0.2, 0) is 35.3 Å². The van der Waals surface area contributed by atoms with Crippen LogP contribution in [0.1, 0.15) is 71.4 Å². The topological polar surface area (TPSA) is 215 Å². The number of nitrogens with zero attached hydrogens (tertiary/aromatic N) is 3.